The molecule has 1 rings (SSSR count). The predicted molar refractivity (Wildman–Crippen MR) is 72.6 cm³/mol. The van der Waals surface area contributed by atoms with E-state index in [1.54, 1.807) is 7.05 Å². The summed E-state index contributed by atoms with van der Waals surface area (Å²) in [5.74, 6) is 0.777. The van der Waals surface area contributed by atoms with Crippen molar-refractivity contribution < 1.29 is 9.53 Å². The van der Waals surface area contributed by atoms with Crippen LogP contribution in [0.1, 0.15) is 25.3 Å². The summed E-state index contributed by atoms with van der Waals surface area (Å²) in [7, 11) is 1.62. The molecule has 1 aromatic carbocycles. The highest BCUT2D eigenvalue weighted by Crippen LogP contribution is 2.15. The van der Waals surface area contributed by atoms with Crippen LogP contribution in [0.2, 0.25) is 0 Å². The van der Waals surface area contributed by atoms with Gasteiger partial charge in [-0.1, -0.05) is 19.1 Å². The maximum Gasteiger partial charge on any atom is 0.223 e. The Labute approximate surface area is 109 Å². The molecule has 1 atom stereocenters. The summed E-state index contributed by atoms with van der Waals surface area (Å²) >= 11 is 0. The van der Waals surface area contributed by atoms with Crippen LogP contribution in [0.15, 0.2) is 24.3 Å². The Bertz CT molecular complexity index is 380. The zero-order valence-corrected chi connectivity index (χ0v) is 11.1. The Morgan fingerprint density at radius 2 is 2.28 bits per heavy atom. The minimum atomic E-state index is -0.0147. The van der Waals surface area contributed by atoms with Crippen molar-refractivity contribution in [1.29, 1.82) is 0 Å². The van der Waals surface area contributed by atoms with Crippen molar-refractivity contribution >= 4 is 5.91 Å². The number of carbonyl (C=O) groups excluding carboxylic acids is 1. The summed E-state index contributed by atoms with van der Waals surface area (Å²) < 4.78 is 5.53. The van der Waals surface area contributed by atoms with Crippen molar-refractivity contribution in [3.63, 3.8) is 0 Å². The number of nitrogens with one attached hydrogen (secondary N) is 1. The van der Waals surface area contributed by atoms with E-state index >= 15 is 0 Å². The molecule has 0 aliphatic heterocycles. The molecular weight excluding hydrogens is 228 g/mol. The molecule has 0 fully saturated rings. The average molecular weight is 250 g/mol. The van der Waals surface area contributed by atoms with Crippen LogP contribution in [0, 0.1) is 0 Å². The molecule has 0 radical (unpaired) electrons. The summed E-state index contributed by atoms with van der Waals surface area (Å²) in [5.41, 5.74) is 7.09. The molecule has 0 saturated heterocycles. The van der Waals surface area contributed by atoms with Gasteiger partial charge in [0.05, 0.1) is 13.0 Å². The molecular formula is C14H22N2O2. The third-order valence-corrected chi connectivity index (χ3v) is 2.80. The molecule has 3 N–H and O–H groups in total. The fraction of sp³-hybridized carbons (Fsp3) is 0.500. The Hall–Kier alpha value is -1.55. The summed E-state index contributed by atoms with van der Waals surface area (Å²) in [6.07, 6.45) is 2.18. The van der Waals surface area contributed by atoms with Crippen LogP contribution in [0.25, 0.3) is 0 Å². The lowest BCUT2D eigenvalue weighted by Gasteiger charge is -2.10. The van der Waals surface area contributed by atoms with Crippen LogP contribution >= 0.6 is 0 Å². The number of amides is 1. The number of nitrogens with two attached hydrogens (primary N) is 1. The normalized spacial score (nSPS) is 11.9. The summed E-state index contributed by atoms with van der Waals surface area (Å²) in [6.45, 7) is 2.47. The van der Waals surface area contributed by atoms with Crippen LogP contribution in [-0.2, 0) is 11.2 Å². The molecule has 0 saturated carbocycles. The van der Waals surface area contributed by atoms with Crippen LogP contribution in [-0.4, -0.2) is 25.6 Å². The van der Waals surface area contributed by atoms with Gasteiger partial charge in [0.1, 0.15) is 5.75 Å². The monoisotopic (exact) mass is 250 g/mol. The molecule has 1 amide bonds. The Morgan fingerprint density at radius 1 is 1.50 bits per heavy atom. The minimum Gasteiger partial charge on any atom is -0.493 e. The maximum atomic E-state index is 11.0. The molecule has 0 aliphatic rings. The predicted octanol–water partition coefficient (Wildman–Crippen LogP) is 1.48. The lowest BCUT2D eigenvalue weighted by Crippen LogP contribution is -2.21. The van der Waals surface area contributed by atoms with Gasteiger partial charge in [-0.3, -0.25) is 4.79 Å². The van der Waals surface area contributed by atoms with Gasteiger partial charge in [0.25, 0.3) is 0 Å². The summed E-state index contributed by atoms with van der Waals surface area (Å²) in [6, 6.07) is 8.06. The van der Waals surface area contributed by atoms with E-state index in [0.717, 1.165) is 18.6 Å². The molecule has 0 aliphatic carbocycles. The maximum absolute atomic E-state index is 11.0. The molecule has 0 bridgehead atoms. The standard InChI is InChI=1S/C14H22N2O2/c1-3-12(15)9-11-5-4-6-13(10-11)18-8-7-14(17)16-2/h4-6,10,12H,3,7-9,15H2,1-2H3,(H,16,17). The van der Waals surface area contributed by atoms with Crippen molar-refractivity contribution in [2.24, 2.45) is 5.73 Å². The second-order valence-corrected chi connectivity index (χ2v) is 4.29. The Balaban J connectivity index is 2.46. The fourth-order valence-electron chi connectivity index (χ4n) is 1.60. The van der Waals surface area contributed by atoms with E-state index in [-0.39, 0.29) is 11.9 Å². The van der Waals surface area contributed by atoms with Gasteiger partial charge in [0.15, 0.2) is 0 Å². The number of hydrogen-bond acceptors (Lipinski definition) is 3. The number of ether oxygens (including phenoxy) is 1. The Kier molecular flexibility index (Phi) is 6.22. The zero-order valence-electron chi connectivity index (χ0n) is 11.1. The van der Waals surface area contributed by atoms with Crippen molar-refractivity contribution in [2.75, 3.05) is 13.7 Å². The van der Waals surface area contributed by atoms with Crippen LogP contribution in [0.4, 0.5) is 0 Å². The van der Waals surface area contributed by atoms with Crippen molar-refractivity contribution in [2.45, 2.75) is 32.2 Å². The van der Waals surface area contributed by atoms with E-state index in [9.17, 15) is 4.79 Å². The van der Waals surface area contributed by atoms with E-state index < -0.39 is 0 Å². The first kappa shape index (κ1) is 14.5. The number of rotatable bonds is 7. The fourth-order valence-corrected chi connectivity index (χ4v) is 1.60. The molecule has 1 aromatic rings. The molecule has 100 valence electrons. The average Bonchev–Trinajstić information content (AvgIpc) is 2.38. The molecule has 0 spiro atoms. The van der Waals surface area contributed by atoms with Crippen molar-refractivity contribution in [3.05, 3.63) is 29.8 Å². The number of hydrogen-bond donors (Lipinski definition) is 2. The van der Waals surface area contributed by atoms with Crippen molar-refractivity contribution in [3.8, 4) is 5.75 Å². The van der Waals surface area contributed by atoms with Gasteiger partial charge < -0.3 is 15.8 Å². The molecule has 4 nitrogen and oxygen atoms in total. The van der Waals surface area contributed by atoms with Gasteiger partial charge in [-0.15, -0.1) is 0 Å². The highest BCUT2D eigenvalue weighted by molar-refractivity contribution is 5.75. The molecule has 18 heavy (non-hydrogen) atoms. The van der Waals surface area contributed by atoms with Gasteiger partial charge in [-0.05, 0) is 30.5 Å². The SMILES string of the molecule is CCC(N)Cc1cccc(OCCC(=O)NC)c1. The smallest absolute Gasteiger partial charge is 0.223 e. The third kappa shape index (κ3) is 5.19. The quantitative estimate of drug-likeness (QED) is 0.770. The number of carbonyl (C=O) groups is 1. The second kappa shape index (κ2) is 7.71. The van der Waals surface area contributed by atoms with Gasteiger partial charge in [-0.2, -0.15) is 0 Å². The first-order valence-electron chi connectivity index (χ1n) is 6.33. The van der Waals surface area contributed by atoms with E-state index in [2.05, 4.69) is 12.2 Å². The van der Waals surface area contributed by atoms with Crippen LogP contribution in [0.5, 0.6) is 5.75 Å². The van der Waals surface area contributed by atoms with Gasteiger partial charge in [-0.25, -0.2) is 0 Å². The summed E-state index contributed by atoms with van der Waals surface area (Å²) in [5, 5.41) is 2.56. The zero-order chi connectivity index (χ0) is 13.4. The summed E-state index contributed by atoms with van der Waals surface area (Å²) in [4.78, 5) is 11.0. The van der Waals surface area contributed by atoms with Crippen LogP contribution < -0.4 is 15.8 Å². The second-order valence-electron chi connectivity index (χ2n) is 4.29. The lowest BCUT2D eigenvalue weighted by molar-refractivity contribution is -0.121. The minimum absolute atomic E-state index is 0.0147. The van der Waals surface area contributed by atoms with Gasteiger partial charge >= 0.3 is 0 Å². The molecule has 1 unspecified atom stereocenters. The largest absolute Gasteiger partial charge is 0.493 e. The van der Waals surface area contributed by atoms with Gasteiger partial charge in [0, 0.05) is 13.1 Å². The highest BCUT2D eigenvalue weighted by Gasteiger charge is 2.03. The van der Waals surface area contributed by atoms with E-state index in [1.807, 2.05) is 24.3 Å². The third-order valence-electron chi connectivity index (χ3n) is 2.80. The van der Waals surface area contributed by atoms with E-state index in [4.69, 9.17) is 10.5 Å². The van der Waals surface area contributed by atoms with E-state index in [1.165, 1.54) is 5.56 Å². The lowest BCUT2D eigenvalue weighted by atomic mass is 10.0. The molecule has 0 aromatic heterocycles. The Morgan fingerprint density at radius 3 is 2.94 bits per heavy atom. The molecule has 4 heteroatoms. The topological polar surface area (TPSA) is 64.3 Å². The first-order chi connectivity index (χ1) is 8.65. The number of benzene rings is 1. The highest BCUT2D eigenvalue weighted by atomic mass is 16.5. The van der Waals surface area contributed by atoms with Crippen LogP contribution in [0.3, 0.4) is 0 Å². The first-order valence-corrected chi connectivity index (χ1v) is 6.33. The van der Waals surface area contributed by atoms with Gasteiger partial charge in [0.2, 0.25) is 5.91 Å². The van der Waals surface area contributed by atoms with E-state index in [0.29, 0.717) is 13.0 Å². The van der Waals surface area contributed by atoms with Crippen molar-refractivity contribution in [1.82, 2.24) is 5.32 Å². The molecule has 0 heterocycles.